The average Bonchev–Trinajstić information content (AvgIpc) is 2.63. The first-order valence-electron chi connectivity index (χ1n) is 8.18. The number of aryl methyl sites for hydroxylation is 1. The van der Waals surface area contributed by atoms with Crippen LogP contribution in [0.5, 0.6) is 5.75 Å². The summed E-state index contributed by atoms with van der Waals surface area (Å²) in [6.45, 7) is 3.45. The largest absolute Gasteiger partial charge is 0.480 e. The second kappa shape index (κ2) is 8.67. The lowest BCUT2D eigenvalue weighted by Gasteiger charge is -2.22. The summed E-state index contributed by atoms with van der Waals surface area (Å²) in [5.41, 5.74) is 2.12. The van der Waals surface area contributed by atoms with Gasteiger partial charge in [-0.1, -0.05) is 29.8 Å². The number of nitriles is 1. The minimum Gasteiger partial charge on any atom is -0.480 e. The predicted molar refractivity (Wildman–Crippen MR) is 98.7 cm³/mol. The zero-order chi connectivity index (χ0) is 19.1. The molecular weight excluding hydrogens is 330 g/mol. The van der Waals surface area contributed by atoms with Crippen LogP contribution in [0.25, 0.3) is 0 Å². The molecule has 0 spiro atoms. The molecule has 26 heavy (non-hydrogen) atoms. The van der Waals surface area contributed by atoms with Gasteiger partial charge in [-0.3, -0.25) is 9.59 Å². The molecule has 2 amide bonds. The number of amides is 2. The summed E-state index contributed by atoms with van der Waals surface area (Å²) in [5.74, 6) is -0.306. The Morgan fingerprint density at radius 2 is 1.85 bits per heavy atom. The lowest BCUT2D eigenvalue weighted by molar-refractivity contribution is -0.139. The van der Waals surface area contributed by atoms with E-state index in [1.165, 1.54) is 11.9 Å². The first-order chi connectivity index (χ1) is 12.4. The molecule has 2 aromatic carbocycles. The lowest BCUT2D eigenvalue weighted by atomic mass is 10.2. The zero-order valence-electron chi connectivity index (χ0n) is 15.0. The molecule has 0 saturated heterocycles. The molecule has 0 aliphatic rings. The van der Waals surface area contributed by atoms with E-state index >= 15 is 0 Å². The summed E-state index contributed by atoms with van der Waals surface area (Å²) in [4.78, 5) is 25.8. The molecule has 0 aliphatic carbocycles. The summed E-state index contributed by atoms with van der Waals surface area (Å²) < 4.78 is 5.59. The molecule has 0 fully saturated rings. The molecule has 0 radical (unpaired) electrons. The van der Waals surface area contributed by atoms with Crippen molar-refractivity contribution in [2.24, 2.45) is 0 Å². The van der Waals surface area contributed by atoms with Crippen molar-refractivity contribution in [1.82, 2.24) is 4.90 Å². The van der Waals surface area contributed by atoms with E-state index in [4.69, 9.17) is 10.00 Å². The van der Waals surface area contributed by atoms with Crippen LogP contribution in [0.3, 0.4) is 0 Å². The highest BCUT2D eigenvalue weighted by Crippen LogP contribution is 2.18. The van der Waals surface area contributed by atoms with Gasteiger partial charge in [0.25, 0.3) is 5.91 Å². The fraction of sp³-hybridized carbons (Fsp3) is 0.250. The fourth-order valence-electron chi connectivity index (χ4n) is 2.34. The fourth-order valence-corrected chi connectivity index (χ4v) is 2.34. The summed E-state index contributed by atoms with van der Waals surface area (Å²) in [5, 5.41) is 11.8. The van der Waals surface area contributed by atoms with E-state index in [0.29, 0.717) is 17.0 Å². The number of hydrogen-bond donors (Lipinski definition) is 1. The molecule has 1 atom stereocenters. The number of carbonyl (C=O) groups is 2. The molecule has 0 aliphatic heterocycles. The van der Waals surface area contributed by atoms with Gasteiger partial charge >= 0.3 is 0 Å². The van der Waals surface area contributed by atoms with Gasteiger partial charge in [-0.05, 0) is 38.1 Å². The van der Waals surface area contributed by atoms with Gasteiger partial charge in [-0.15, -0.1) is 0 Å². The van der Waals surface area contributed by atoms with E-state index in [9.17, 15) is 9.59 Å². The molecular formula is C20H21N3O3. The number of ether oxygens (including phenoxy) is 1. The van der Waals surface area contributed by atoms with E-state index in [-0.39, 0.29) is 18.4 Å². The molecule has 0 heterocycles. The molecule has 2 aromatic rings. The van der Waals surface area contributed by atoms with Gasteiger partial charge in [0.2, 0.25) is 5.91 Å². The molecule has 1 N–H and O–H groups in total. The van der Waals surface area contributed by atoms with Crippen LogP contribution in [0.15, 0.2) is 48.5 Å². The van der Waals surface area contributed by atoms with Crippen LogP contribution in [0.2, 0.25) is 0 Å². The maximum Gasteiger partial charge on any atom is 0.263 e. The predicted octanol–water partition coefficient (Wildman–Crippen LogP) is 2.73. The number of carbonyl (C=O) groups excluding carboxylic acids is 2. The summed E-state index contributed by atoms with van der Waals surface area (Å²) in [6.07, 6.45) is -0.818. The minimum absolute atomic E-state index is 0.0969. The van der Waals surface area contributed by atoms with Crippen LogP contribution >= 0.6 is 0 Å². The average molecular weight is 351 g/mol. The number of nitrogens with one attached hydrogen (secondary N) is 1. The quantitative estimate of drug-likeness (QED) is 0.867. The van der Waals surface area contributed by atoms with Crippen molar-refractivity contribution < 1.29 is 14.3 Å². The van der Waals surface area contributed by atoms with Gasteiger partial charge in [0.05, 0.1) is 12.1 Å². The first-order valence-corrected chi connectivity index (χ1v) is 8.18. The van der Waals surface area contributed by atoms with Crippen molar-refractivity contribution in [2.45, 2.75) is 20.0 Å². The smallest absolute Gasteiger partial charge is 0.263 e. The SMILES string of the molecule is Cc1ccc(NC(=O)CN(C)C(=O)[C@@H](C)Oc2ccccc2C#N)cc1. The number of hydrogen-bond acceptors (Lipinski definition) is 4. The highest BCUT2D eigenvalue weighted by atomic mass is 16.5. The van der Waals surface area contributed by atoms with Crippen molar-refractivity contribution in [3.8, 4) is 11.8 Å². The monoisotopic (exact) mass is 351 g/mol. The van der Waals surface area contributed by atoms with Crippen LogP contribution < -0.4 is 10.1 Å². The number of benzene rings is 2. The van der Waals surface area contributed by atoms with E-state index in [2.05, 4.69) is 5.32 Å². The van der Waals surface area contributed by atoms with Crippen LogP contribution in [0, 0.1) is 18.3 Å². The number of nitrogens with zero attached hydrogens (tertiary/aromatic N) is 2. The van der Waals surface area contributed by atoms with Crippen molar-refractivity contribution in [2.75, 3.05) is 18.9 Å². The third-order valence-corrected chi connectivity index (χ3v) is 3.75. The Morgan fingerprint density at radius 3 is 2.50 bits per heavy atom. The number of rotatable bonds is 6. The Hall–Kier alpha value is -3.33. The lowest BCUT2D eigenvalue weighted by Crippen LogP contribution is -2.42. The Labute approximate surface area is 153 Å². The molecule has 2 rings (SSSR count). The first kappa shape index (κ1) is 19.0. The molecule has 6 heteroatoms. The van der Waals surface area contributed by atoms with Crippen LogP contribution in [0.1, 0.15) is 18.1 Å². The Bertz CT molecular complexity index is 825. The van der Waals surface area contributed by atoms with Gasteiger partial charge in [0, 0.05) is 12.7 Å². The van der Waals surface area contributed by atoms with Crippen LogP contribution in [-0.4, -0.2) is 36.4 Å². The third kappa shape index (κ3) is 5.08. The van der Waals surface area contributed by atoms with Gasteiger partial charge in [-0.25, -0.2) is 0 Å². The van der Waals surface area contributed by atoms with Gasteiger partial charge in [0.15, 0.2) is 6.10 Å². The standard InChI is InChI=1S/C20H21N3O3/c1-14-8-10-17(11-9-14)22-19(24)13-23(3)20(25)15(2)26-18-7-5-4-6-16(18)12-21/h4-11,15H,13H2,1-3H3,(H,22,24)/t15-/m1/s1. The molecule has 0 bridgehead atoms. The maximum atomic E-state index is 12.4. The summed E-state index contributed by atoms with van der Waals surface area (Å²) in [6, 6.07) is 16.1. The molecule has 6 nitrogen and oxygen atoms in total. The molecule has 0 aromatic heterocycles. The number of anilines is 1. The molecule has 0 saturated carbocycles. The van der Waals surface area contributed by atoms with Gasteiger partial charge in [-0.2, -0.15) is 5.26 Å². The highest BCUT2D eigenvalue weighted by molar-refractivity contribution is 5.95. The Balaban J connectivity index is 1.92. The Morgan fingerprint density at radius 1 is 1.19 bits per heavy atom. The van der Waals surface area contributed by atoms with Crippen molar-refractivity contribution in [3.63, 3.8) is 0 Å². The van der Waals surface area contributed by atoms with E-state index < -0.39 is 6.10 Å². The van der Waals surface area contributed by atoms with E-state index in [1.54, 1.807) is 43.3 Å². The normalized spacial score (nSPS) is 11.2. The van der Waals surface area contributed by atoms with Gasteiger partial charge in [0.1, 0.15) is 11.8 Å². The van der Waals surface area contributed by atoms with Crippen LogP contribution in [-0.2, 0) is 9.59 Å². The molecule has 134 valence electrons. The van der Waals surface area contributed by atoms with Crippen molar-refractivity contribution in [1.29, 1.82) is 5.26 Å². The summed E-state index contributed by atoms with van der Waals surface area (Å²) in [7, 11) is 1.53. The second-order valence-electron chi connectivity index (χ2n) is 5.98. The van der Waals surface area contributed by atoms with Crippen molar-refractivity contribution >= 4 is 17.5 Å². The van der Waals surface area contributed by atoms with Crippen LogP contribution in [0.4, 0.5) is 5.69 Å². The van der Waals surface area contributed by atoms with Gasteiger partial charge < -0.3 is 15.0 Å². The molecule has 0 unspecified atom stereocenters. The van der Waals surface area contributed by atoms with E-state index in [0.717, 1.165) is 5.56 Å². The van der Waals surface area contributed by atoms with Crippen molar-refractivity contribution in [3.05, 3.63) is 59.7 Å². The van der Waals surface area contributed by atoms with E-state index in [1.807, 2.05) is 25.1 Å². The highest BCUT2D eigenvalue weighted by Gasteiger charge is 2.22. The second-order valence-corrected chi connectivity index (χ2v) is 5.98. The minimum atomic E-state index is -0.818. The zero-order valence-corrected chi connectivity index (χ0v) is 15.0. The summed E-state index contributed by atoms with van der Waals surface area (Å²) >= 11 is 0. The third-order valence-electron chi connectivity index (χ3n) is 3.75. The maximum absolute atomic E-state index is 12.4. The Kier molecular flexibility index (Phi) is 6.34. The number of para-hydroxylation sites is 1. The topological polar surface area (TPSA) is 82.4 Å². The number of likely N-dealkylation sites (N-methyl/N-ethyl adjacent to an activating group) is 1.